The van der Waals surface area contributed by atoms with Crippen LogP contribution in [0.15, 0.2) is 47.5 Å². The molecule has 1 fully saturated rings. The summed E-state index contributed by atoms with van der Waals surface area (Å²) in [5.41, 5.74) is 3.47. The van der Waals surface area contributed by atoms with Crippen molar-refractivity contribution in [3.8, 4) is 23.0 Å². The highest BCUT2D eigenvalue weighted by Gasteiger charge is 2.23. The van der Waals surface area contributed by atoms with E-state index in [1.165, 1.54) is 0 Å². The molecule has 0 N–H and O–H groups in total. The minimum absolute atomic E-state index is 0.0867. The summed E-state index contributed by atoms with van der Waals surface area (Å²) in [4.78, 5) is 13.0. The molecule has 0 heterocycles. The number of Topliss-reactive ketones (excluding diaryl/α,β-unsaturated/α-hetero) is 1. The van der Waals surface area contributed by atoms with Crippen molar-refractivity contribution in [2.75, 3.05) is 26.4 Å². The van der Waals surface area contributed by atoms with Crippen molar-refractivity contribution in [2.45, 2.75) is 40.5 Å². The first kappa shape index (κ1) is 23.5. The molecule has 0 bridgehead atoms. The Kier molecular flexibility index (Phi) is 8.37. The van der Waals surface area contributed by atoms with Gasteiger partial charge in [-0.05, 0) is 88.1 Å². The number of ketones is 1. The lowest BCUT2D eigenvalue weighted by Gasteiger charge is -2.11. The third-order valence-electron chi connectivity index (χ3n) is 5.06. The number of carbonyl (C=O) groups is 1. The zero-order valence-electron chi connectivity index (χ0n) is 19.4. The highest BCUT2D eigenvalue weighted by Crippen LogP contribution is 2.34. The topological polar surface area (TPSA) is 54.0 Å². The molecular formula is C27H32O5. The second-order valence-electron chi connectivity index (χ2n) is 7.31. The number of carbonyl (C=O) groups excluding carboxylic acids is 1. The van der Waals surface area contributed by atoms with Crippen LogP contribution in [0.25, 0.3) is 12.2 Å². The lowest BCUT2D eigenvalue weighted by atomic mass is 10.1. The Labute approximate surface area is 190 Å². The summed E-state index contributed by atoms with van der Waals surface area (Å²) >= 11 is 0. The molecule has 5 heteroatoms. The Bertz CT molecular complexity index is 924. The summed E-state index contributed by atoms with van der Waals surface area (Å²) < 4.78 is 22.7. The Morgan fingerprint density at radius 2 is 1.00 bits per heavy atom. The molecule has 32 heavy (non-hydrogen) atoms. The second kappa shape index (κ2) is 11.4. The predicted octanol–water partition coefficient (Wildman–Crippen LogP) is 6.11. The summed E-state index contributed by atoms with van der Waals surface area (Å²) in [6.07, 6.45) is 5.34. The van der Waals surface area contributed by atoms with E-state index in [9.17, 15) is 4.79 Å². The fraction of sp³-hybridized carbons (Fsp3) is 0.370. The van der Waals surface area contributed by atoms with Gasteiger partial charge in [0, 0.05) is 11.1 Å². The van der Waals surface area contributed by atoms with E-state index in [1.807, 2.05) is 76.2 Å². The Balaban J connectivity index is 1.82. The fourth-order valence-corrected chi connectivity index (χ4v) is 3.70. The first-order chi connectivity index (χ1) is 15.6. The molecular weight excluding hydrogens is 404 g/mol. The highest BCUT2D eigenvalue weighted by atomic mass is 16.5. The van der Waals surface area contributed by atoms with Crippen LogP contribution < -0.4 is 18.9 Å². The summed E-state index contributed by atoms with van der Waals surface area (Å²) in [6, 6.07) is 11.6. The minimum atomic E-state index is 0.0867. The molecule has 1 saturated carbocycles. The SMILES string of the molecule is CCOc1ccc(/C=C2/CC/C(=C\c3ccc(OCC)c(OCC)c3)C2=O)cc1OCC. The summed E-state index contributed by atoms with van der Waals surface area (Å²) in [7, 11) is 0. The second-order valence-corrected chi connectivity index (χ2v) is 7.31. The van der Waals surface area contributed by atoms with Gasteiger partial charge in [0.1, 0.15) is 0 Å². The van der Waals surface area contributed by atoms with Crippen LogP contribution in [0.2, 0.25) is 0 Å². The first-order valence-corrected chi connectivity index (χ1v) is 11.3. The van der Waals surface area contributed by atoms with E-state index in [2.05, 4.69) is 0 Å². The van der Waals surface area contributed by atoms with Crippen molar-refractivity contribution in [1.29, 1.82) is 0 Å². The summed E-state index contributed by atoms with van der Waals surface area (Å²) in [6.45, 7) is 10.0. The van der Waals surface area contributed by atoms with Gasteiger partial charge in [0.25, 0.3) is 0 Å². The molecule has 0 aromatic heterocycles. The van der Waals surface area contributed by atoms with Crippen molar-refractivity contribution in [2.24, 2.45) is 0 Å². The molecule has 3 rings (SSSR count). The minimum Gasteiger partial charge on any atom is -0.490 e. The van der Waals surface area contributed by atoms with Gasteiger partial charge in [0.15, 0.2) is 28.8 Å². The maximum Gasteiger partial charge on any atom is 0.185 e. The maximum atomic E-state index is 13.0. The number of ether oxygens (including phenoxy) is 4. The maximum absolute atomic E-state index is 13.0. The zero-order chi connectivity index (χ0) is 22.9. The van der Waals surface area contributed by atoms with E-state index in [-0.39, 0.29) is 5.78 Å². The van der Waals surface area contributed by atoms with Crippen LogP contribution in [0.4, 0.5) is 0 Å². The molecule has 0 saturated heterocycles. The van der Waals surface area contributed by atoms with E-state index in [1.54, 1.807) is 0 Å². The number of rotatable bonds is 10. The molecule has 1 aliphatic carbocycles. The molecule has 0 aliphatic heterocycles. The third-order valence-corrected chi connectivity index (χ3v) is 5.06. The fourth-order valence-electron chi connectivity index (χ4n) is 3.70. The smallest absolute Gasteiger partial charge is 0.185 e. The molecule has 0 amide bonds. The van der Waals surface area contributed by atoms with Crippen LogP contribution in [0.3, 0.4) is 0 Å². The normalized spacial score (nSPS) is 15.9. The van der Waals surface area contributed by atoms with Crippen LogP contribution in [-0.4, -0.2) is 32.2 Å². The van der Waals surface area contributed by atoms with Crippen LogP contribution in [-0.2, 0) is 4.79 Å². The van der Waals surface area contributed by atoms with Crippen molar-refractivity contribution < 1.29 is 23.7 Å². The van der Waals surface area contributed by atoms with Crippen LogP contribution in [0.5, 0.6) is 23.0 Å². The number of hydrogen-bond donors (Lipinski definition) is 0. The largest absolute Gasteiger partial charge is 0.490 e. The lowest BCUT2D eigenvalue weighted by molar-refractivity contribution is -0.111. The Morgan fingerprint density at radius 1 is 0.625 bits per heavy atom. The van der Waals surface area contributed by atoms with Crippen molar-refractivity contribution >= 4 is 17.9 Å². The molecule has 0 atom stereocenters. The average molecular weight is 437 g/mol. The standard InChI is InChI=1S/C27H32O5/c1-5-29-23-13-9-19(17-25(23)31-7-3)15-21-11-12-22(27(21)28)16-20-10-14-24(30-6-2)26(18-20)32-8-4/h9-10,13-18H,5-8,11-12H2,1-4H3/b21-15-,22-16+. The van der Waals surface area contributed by atoms with Gasteiger partial charge in [-0.25, -0.2) is 0 Å². The summed E-state index contributed by atoms with van der Waals surface area (Å²) in [5.74, 6) is 2.92. The van der Waals surface area contributed by atoms with Gasteiger partial charge in [-0.3, -0.25) is 4.79 Å². The molecule has 0 spiro atoms. The van der Waals surface area contributed by atoms with Crippen molar-refractivity contribution in [1.82, 2.24) is 0 Å². The van der Waals surface area contributed by atoms with Crippen LogP contribution in [0, 0.1) is 0 Å². The van der Waals surface area contributed by atoms with E-state index in [0.717, 1.165) is 46.6 Å². The number of allylic oxidation sites excluding steroid dienone is 2. The molecule has 170 valence electrons. The van der Waals surface area contributed by atoms with Gasteiger partial charge in [0.2, 0.25) is 0 Å². The van der Waals surface area contributed by atoms with E-state index in [0.29, 0.717) is 37.9 Å². The molecule has 2 aromatic carbocycles. The van der Waals surface area contributed by atoms with Crippen LogP contribution >= 0.6 is 0 Å². The lowest BCUT2D eigenvalue weighted by Crippen LogP contribution is -1.99. The molecule has 5 nitrogen and oxygen atoms in total. The molecule has 1 aliphatic rings. The van der Waals surface area contributed by atoms with Gasteiger partial charge >= 0.3 is 0 Å². The molecule has 0 unspecified atom stereocenters. The highest BCUT2D eigenvalue weighted by molar-refractivity contribution is 6.15. The monoisotopic (exact) mass is 436 g/mol. The quantitative estimate of drug-likeness (QED) is 0.421. The van der Waals surface area contributed by atoms with Gasteiger partial charge in [0.05, 0.1) is 26.4 Å². The molecule has 2 aromatic rings. The van der Waals surface area contributed by atoms with Gasteiger partial charge in [-0.15, -0.1) is 0 Å². The predicted molar refractivity (Wildman–Crippen MR) is 128 cm³/mol. The Morgan fingerprint density at radius 3 is 1.38 bits per heavy atom. The first-order valence-electron chi connectivity index (χ1n) is 11.3. The number of hydrogen-bond acceptors (Lipinski definition) is 5. The number of benzene rings is 2. The van der Waals surface area contributed by atoms with Crippen molar-refractivity contribution in [3.63, 3.8) is 0 Å². The molecule has 0 radical (unpaired) electrons. The van der Waals surface area contributed by atoms with E-state index >= 15 is 0 Å². The van der Waals surface area contributed by atoms with E-state index < -0.39 is 0 Å². The average Bonchev–Trinajstić information content (AvgIpc) is 3.11. The van der Waals surface area contributed by atoms with Crippen molar-refractivity contribution in [3.05, 3.63) is 58.7 Å². The third kappa shape index (κ3) is 5.72. The van der Waals surface area contributed by atoms with Gasteiger partial charge < -0.3 is 18.9 Å². The summed E-state index contributed by atoms with van der Waals surface area (Å²) in [5, 5.41) is 0. The Hall–Kier alpha value is -3.21. The zero-order valence-corrected chi connectivity index (χ0v) is 19.4. The van der Waals surface area contributed by atoms with Crippen LogP contribution in [0.1, 0.15) is 51.7 Å². The van der Waals surface area contributed by atoms with Gasteiger partial charge in [-0.1, -0.05) is 12.1 Å². The van der Waals surface area contributed by atoms with E-state index in [4.69, 9.17) is 18.9 Å². The van der Waals surface area contributed by atoms with Gasteiger partial charge in [-0.2, -0.15) is 0 Å².